The summed E-state index contributed by atoms with van der Waals surface area (Å²) in [6.45, 7) is 1.83. The van der Waals surface area contributed by atoms with Crippen molar-refractivity contribution in [2.75, 3.05) is 0 Å². The lowest BCUT2D eigenvalue weighted by Crippen LogP contribution is -1.87. The Hall–Kier alpha value is -2.41. The van der Waals surface area contributed by atoms with Crippen LogP contribution in [0, 0.1) is 18.3 Å². The highest BCUT2D eigenvalue weighted by Gasteiger charge is 1.96. The minimum Gasteiger partial charge on any atom is -0.228 e. The summed E-state index contributed by atoms with van der Waals surface area (Å²) in [5.41, 5.74) is 1.52. The van der Waals surface area contributed by atoms with Crippen molar-refractivity contribution in [2.45, 2.75) is 6.92 Å². The second-order valence-electron chi connectivity index (χ2n) is 3.29. The van der Waals surface area contributed by atoms with E-state index in [2.05, 4.69) is 16.2 Å². The van der Waals surface area contributed by atoms with Crippen LogP contribution in [0.4, 0.5) is 0 Å². The van der Waals surface area contributed by atoms with Crippen molar-refractivity contribution in [1.29, 1.82) is 5.26 Å². The van der Waals surface area contributed by atoms with Gasteiger partial charge in [-0.05, 0) is 24.6 Å². The number of rotatable bonds is 2. The fraction of sp³-hybridized carbons (Fsp3) is 0.0833. The molecule has 0 amide bonds. The third kappa shape index (κ3) is 2.15. The highest BCUT2D eigenvalue weighted by atomic mass is 15.3. The molecule has 0 radical (unpaired) electrons. The van der Waals surface area contributed by atoms with Gasteiger partial charge in [0.1, 0.15) is 12.2 Å². The molecular formula is C12H10N4. The van der Waals surface area contributed by atoms with E-state index in [-0.39, 0.29) is 0 Å². The fourth-order valence-electron chi connectivity index (χ4n) is 1.33. The molecule has 0 aliphatic rings. The lowest BCUT2D eigenvalue weighted by molar-refractivity contribution is 0.914. The first-order valence-electron chi connectivity index (χ1n) is 4.84. The van der Waals surface area contributed by atoms with Gasteiger partial charge in [0.05, 0.1) is 11.6 Å². The summed E-state index contributed by atoms with van der Waals surface area (Å²) in [4.78, 5) is 4.01. The van der Waals surface area contributed by atoms with Gasteiger partial charge in [-0.15, -0.1) is 0 Å². The van der Waals surface area contributed by atoms with Crippen LogP contribution >= 0.6 is 0 Å². The van der Waals surface area contributed by atoms with Crippen molar-refractivity contribution in [3.8, 4) is 6.07 Å². The molecule has 0 unspecified atom stereocenters. The topological polar surface area (TPSA) is 54.5 Å². The molecular weight excluding hydrogens is 200 g/mol. The Labute approximate surface area is 93.5 Å². The molecule has 0 spiro atoms. The molecule has 0 aliphatic heterocycles. The zero-order chi connectivity index (χ0) is 11.4. The standard InChI is InChI=1S/C12H10N4/c1-10-14-9-16(15-10)7-6-11-4-2-3-5-12(11)8-13/h2-7,9H,1H3. The molecule has 4 heteroatoms. The zero-order valence-electron chi connectivity index (χ0n) is 8.83. The first-order valence-corrected chi connectivity index (χ1v) is 4.84. The lowest BCUT2D eigenvalue weighted by atomic mass is 10.1. The van der Waals surface area contributed by atoms with Crippen molar-refractivity contribution in [3.63, 3.8) is 0 Å². The Morgan fingerprint density at radius 2 is 2.19 bits per heavy atom. The van der Waals surface area contributed by atoms with Gasteiger partial charge in [-0.1, -0.05) is 18.2 Å². The van der Waals surface area contributed by atoms with Crippen LogP contribution in [0.15, 0.2) is 30.6 Å². The number of nitrogens with zero attached hydrogens (tertiary/aromatic N) is 4. The smallest absolute Gasteiger partial charge is 0.147 e. The minimum atomic E-state index is 0.649. The number of hydrogen-bond donors (Lipinski definition) is 0. The van der Waals surface area contributed by atoms with E-state index in [4.69, 9.17) is 5.26 Å². The Balaban J connectivity index is 2.27. The van der Waals surface area contributed by atoms with Crippen LogP contribution in [0.25, 0.3) is 12.3 Å². The van der Waals surface area contributed by atoms with E-state index in [1.165, 1.54) is 0 Å². The van der Waals surface area contributed by atoms with Gasteiger partial charge in [-0.2, -0.15) is 10.4 Å². The molecule has 0 saturated heterocycles. The van der Waals surface area contributed by atoms with Crippen molar-refractivity contribution in [1.82, 2.24) is 14.8 Å². The van der Waals surface area contributed by atoms with E-state index >= 15 is 0 Å². The molecule has 0 N–H and O–H groups in total. The van der Waals surface area contributed by atoms with Crippen molar-refractivity contribution < 1.29 is 0 Å². The molecule has 0 atom stereocenters. The summed E-state index contributed by atoms with van der Waals surface area (Å²) in [5.74, 6) is 0.721. The summed E-state index contributed by atoms with van der Waals surface area (Å²) in [5, 5.41) is 13.0. The molecule has 0 fully saturated rings. The van der Waals surface area contributed by atoms with Crippen molar-refractivity contribution in [3.05, 3.63) is 47.5 Å². The molecule has 2 rings (SSSR count). The number of aryl methyl sites for hydroxylation is 1. The van der Waals surface area contributed by atoms with Crippen LogP contribution in [0.3, 0.4) is 0 Å². The van der Waals surface area contributed by atoms with Crippen LogP contribution in [-0.4, -0.2) is 14.8 Å². The molecule has 2 aromatic rings. The quantitative estimate of drug-likeness (QED) is 0.762. The first kappa shape index (κ1) is 10.1. The van der Waals surface area contributed by atoms with Crippen molar-refractivity contribution >= 4 is 12.3 Å². The minimum absolute atomic E-state index is 0.649. The van der Waals surface area contributed by atoms with Gasteiger partial charge in [-0.25, -0.2) is 9.67 Å². The van der Waals surface area contributed by atoms with Gasteiger partial charge in [0.15, 0.2) is 0 Å². The second kappa shape index (κ2) is 4.41. The highest BCUT2D eigenvalue weighted by Crippen LogP contribution is 2.09. The third-order valence-electron chi connectivity index (χ3n) is 2.11. The molecule has 4 nitrogen and oxygen atoms in total. The number of nitriles is 1. The lowest BCUT2D eigenvalue weighted by Gasteiger charge is -1.95. The second-order valence-corrected chi connectivity index (χ2v) is 3.29. The van der Waals surface area contributed by atoms with Crippen LogP contribution < -0.4 is 0 Å². The fourth-order valence-corrected chi connectivity index (χ4v) is 1.33. The Kier molecular flexibility index (Phi) is 2.79. The Bertz CT molecular complexity index is 560. The van der Waals surface area contributed by atoms with E-state index in [0.29, 0.717) is 5.56 Å². The van der Waals surface area contributed by atoms with Gasteiger partial charge in [-0.3, -0.25) is 0 Å². The van der Waals surface area contributed by atoms with Gasteiger partial charge < -0.3 is 0 Å². The number of aromatic nitrogens is 3. The van der Waals surface area contributed by atoms with Gasteiger partial charge in [0.2, 0.25) is 0 Å². The Morgan fingerprint density at radius 3 is 2.88 bits per heavy atom. The average molecular weight is 210 g/mol. The van der Waals surface area contributed by atoms with Gasteiger partial charge in [0.25, 0.3) is 0 Å². The summed E-state index contributed by atoms with van der Waals surface area (Å²) in [6.07, 6.45) is 5.24. The highest BCUT2D eigenvalue weighted by molar-refractivity contribution is 5.65. The predicted molar refractivity (Wildman–Crippen MR) is 61.1 cm³/mol. The van der Waals surface area contributed by atoms with E-state index in [1.54, 1.807) is 23.3 Å². The monoisotopic (exact) mass is 210 g/mol. The maximum atomic E-state index is 8.90. The molecule has 16 heavy (non-hydrogen) atoms. The molecule has 0 saturated carbocycles. The van der Waals surface area contributed by atoms with Crippen molar-refractivity contribution in [2.24, 2.45) is 0 Å². The summed E-state index contributed by atoms with van der Waals surface area (Å²) in [7, 11) is 0. The van der Waals surface area contributed by atoms with Gasteiger partial charge in [0, 0.05) is 6.20 Å². The van der Waals surface area contributed by atoms with Gasteiger partial charge >= 0.3 is 0 Å². The van der Waals surface area contributed by atoms with E-state index < -0.39 is 0 Å². The molecule has 78 valence electrons. The maximum Gasteiger partial charge on any atom is 0.147 e. The molecule has 0 aliphatic carbocycles. The maximum absolute atomic E-state index is 8.90. The third-order valence-corrected chi connectivity index (χ3v) is 2.11. The number of hydrogen-bond acceptors (Lipinski definition) is 3. The normalized spacial score (nSPS) is 10.5. The van der Waals surface area contributed by atoms with E-state index in [9.17, 15) is 0 Å². The van der Waals surface area contributed by atoms with Crippen LogP contribution in [0.2, 0.25) is 0 Å². The van der Waals surface area contributed by atoms with Crippen LogP contribution in [-0.2, 0) is 0 Å². The Morgan fingerprint density at radius 1 is 1.38 bits per heavy atom. The molecule has 0 bridgehead atoms. The predicted octanol–water partition coefficient (Wildman–Crippen LogP) is 2.09. The largest absolute Gasteiger partial charge is 0.228 e. The summed E-state index contributed by atoms with van der Waals surface area (Å²) >= 11 is 0. The van der Waals surface area contributed by atoms with Crippen LogP contribution in [0.1, 0.15) is 17.0 Å². The van der Waals surface area contributed by atoms with E-state index in [0.717, 1.165) is 11.4 Å². The molecule has 1 heterocycles. The summed E-state index contributed by atoms with van der Waals surface area (Å²) in [6, 6.07) is 9.55. The number of benzene rings is 1. The SMILES string of the molecule is Cc1ncn(C=Cc2ccccc2C#N)n1. The first-order chi connectivity index (χ1) is 7.79. The zero-order valence-corrected chi connectivity index (χ0v) is 8.83. The molecule has 1 aromatic heterocycles. The molecule has 1 aromatic carbocycles. The summed E-state index contributed by atoms with van der Waals surface area (Å²) < 4.78 is 1.61. The van der Waals surface area contributed by atoms with E-state index in [1.807, 2.05) is 31.2 Å². The average Bonchev–Trinajstić information content (AvgIpc) is 2.73. The van der Waals surface area contributed by atoms with Crippen LogP contribution in [0.5, 0.6) is 0 Å².